The number of amides is 1. The van der Waals surface area contributed by atoms with Crippen LogP contribution in [0.4, 0.5) is 16.6 Å². The third-order valence-corrected chi connectivity index (χ3v) is 3.41. The van der Waals surface area contributed by atoms with Crippen molar-refractivity contribution in [1.29, 1.82) is 0 Å². The van der Waals surface area contributed by atoms with E-state index in [9.17, 15) is 4.79 Å². The Bertz CT molecular complexity index is 657. The Balaban J connectivity index is 1.84. The van der Waals surface area contributed by atoms with Gasteiger partial charge in [0.2, 0.25) is 5.95 Å². The van der Waals surface area contributed by atoms with Crippen LogP contribution in [0.5, 0.6) is 0 Å². The fraction of sp³-hybridized carbons (Fsp3) is 0.455. The number of aromatic nitrogens is 4. The van der Waals surface area contributed by atoms with Crippen LogP contribution in [0.1, 0.15) is 6.42 Å². The number of carbonyl (C=O) groups is 1. The highest BCUT2D eigenvalue weighted by molar-refractivity contribution is 5.87. The summed E-state index contributed by atoms with van der Waals surface area (Å²) in [4.78, 5) is 21.9. The minimum absolute atomic E-state index is 0.0173. The first-order chi connectivity index (χ1) is 10.2. The van der Waals surface area contributed by atoms with Gasteiger partial charge in [-0.1, -0.05) is 0 Å². The Morgan fingerprint density at radius 2 is 2.43 bits per heavy atom. The Labute approximate surface area is 120 Å². The van der Waals surface area contributed by atoms with Gasteiger partial charge in [-0.3, -0.25) is 10.5 Å². The van der Waals surface area contributed by atoms with E-state index in [1.807, 2.05) is 0 Å². The van der Waals surface area contributed by atoms with Gasteiger partial charge in [0.15, 0.2) is 5.65 Å². The molecular weight excluding hydrogens is 276 g/mol. The van der Waals surface area contributed by atoms with Gasteiger partial charge in [-0.15, -0.1) is 0 Å². The minimum Gasteiger partial charge on any atom is -0.453 e. The molecule has 0 bridgehead atoms. The van der Waals surface area contributed by atoms with Gasteiger partial charge in [-0.2, -0.15) is 15.1 Å². The van der Waals surface area contributed by atoms with Crippen molar-refractivity contribution in [2.45, 2.75) is 12.5 Å². The molecule has 1 amide bonds. The van der Waals surface area contributed by atoms with Crippen LogP contribution >= 0.6 is 0 Å². The highest BCUT2D eigenvalue weighted by Crippen LogP contribution is 2.26. The number of hydrogen-bond donors (Lipinski definition) is 4. The molecule has 21 heavy (non-hydrogen) atoms. The van der Waals surface area contributed by atoms with Gasteiger partial charge in [-0.05, 0) is 6.42 Å². The van der Waals surface area contributed by atoms with Gasteiger partial charge in [-0.25, -0.2) is 10.6 Å². The lowest BCUT2D eigenvalue weighted by Crippen LogP contribution is -2.37. The molecule has 0 aromatic carbocycles. The maximum atomic E-state index is 11.3. The fourth-order valence-electron chi connectivity index (χ4n) is 2.42. The first-order valence-corrected chi connectivity index (χ1v) is 6.48. The number of anilines is 2. The van der Waals surface area contributed by atoms with Gasteiger partial charge in [0.05, 0.1) is 24.7 Å². The van der Waals surface area contributed by atoms with E-state index in [4.69, 9.17) is 5.84 Å². The highest BCUT2D eigenvalue weighted by atomic mass is 16.5. The number of rotatable bonds is 3. The lowest BCUT2D eigenvalue weighted by molar-refractivity contribution is 0.167. The van der Waals surface area contributed by atoms with E-state index in [0.717, 1.165) is 24.2 Å². The molecule has 112 valence electrons. The monoisotopic (exact) mass is 292 g/mol. The Morgan fingerprint density at radius 1 is 1.57 bits per heavy atom. The van der Waals surface area contributed by atoms with Crippen molar-refractivity contribution in [3.63, 3.8) is 0 Å². The molecule has 1 aliphatic rings. The lowest BCUT2D eigenvalue weighted by Gasteiger charge is -2.18. The maximum Gasteiger partial charge on any atom is 0.407 e. The summed E-state index contributed by atoms with van der Waals surface area (Å²) < 4.78 is 4.61. The first-order valence-electron chi connectivity index (χ1n) is 6.48. The summed E-state index contributed by atoms with van der Waals surface area (Å²) in [5.41, 5.74) is 3.05. The van der Waals surface area contributed by atoms with E-state index in [-0.39, 0.29) is 6.04 Å². The molecule has 0 saturated carbocycles. The number of aromatic amines is 1. The van der Waals surface area contributed by atoms with Crippen LogP contribution in [-0.4, -0.2) is 52.5 Å². The molecule has 5 N–H and O–H groups in total. The average Bonchev–Trinajstić information content (AvgIpc) is 3.14. The summed E-state index contributed by atoms with van der Waals surface area (Å²) >= 11 is 0. The van der Waals surface area contributed by atoms with Gasteiger partial charge >= 0.3 is 6.09 Å². The number of ether oxygens (including phenoxy) is 1. The van der Waals surface area contributed by atoms with Gasteiger partial charge in [0.25, 0.3) is 0 Å². The molecule has 2 aromatic heterocycles. The van der Waals surface area contributed by atoms with Crippen LogP contribution in [0.2, 0.25) is 0 Å². The number of hydrogen-bond acceptors (Lipinski definition) is 8. The van der Waals surface area contributed by atoms with Crippen molar-refractivity contribution in [1.82, 2.24) is 25.5 Å². The molecule has 3 heterocycles. The molecule has 10 heteroatoms. The molecule has 0 spiro atoms. The van der Waals surface area contributed by atoms with E-state index in [2.05, 4.69) is 40.5 Å². The third kappa shape index (κ3) is 2.52. The van der Waals surface area contributed by atoms with Crippen LogP contribution in [0.15, 0.2) is 6.20 Å². The number of hydrazine groups is 1. The predicted octanol–water partition coefficient (Wildman–Crippen LogP) is -0.427. The number of nitrogens with zero attached hydrogens (tertiary/aromatic N) is 4. The summed E-state index contributed by atoms with van der Waals surface area (Å²) in [6.07, 6.45) is 2.05. The zero-order valence-electron chi connectivity index (χ0n) is 11.5. The Kier molecular flexibility index (Phi) is 3.44. The predicted molar refractivity (Wildman–Crippen MR) is 75.7 cm³/mol. The van der Waals surface area contributed by atoms with E-state index >= 15 is 0 Å². The SMILES string of the molecule is COC(=O)NC1CCN(c2nc(NN)nc3[nH]ncc23)C1. The number of fused-ring (bicyclic) bond motifs is 1. The molecule has 1 aliphatic heterocycles. The van der Waals surface area contributed by atoms with Crippen molar-refractivity contribution < 1.29 is 9.53 Å². The summed E-state index contributed by atoms with van der Waals surface area (Å²) in [5, 5.41) is 10.4. The van der Waals surface area contributed by atoms with E-state index < -0.39 is 6.09 Å². The molecule has 1 saturated heterocycles. The second-order valence-corrected chi connectivity index (χ2v) is 4.71. The molecular formula is C11H16N8O2. The highest BCUT2D eigenvalue weighted by Gasteiger charge is 2.27. The third-order valence-electron chi connectivity index (χ3n) is 3.41. The molecule has 0 radical (unpaired) electrons. The van der Waals surface area contributed by atoms with Gasteiger partial charge in [0, 0.05) is 13.1 Å². The average molecular weight is 292 g/mol. The lowest BCUT2D eigenvalue weighted by atomic mass is 10.3. The van der Waals surface area contributed by atoms with Crippen molar-refractivity contribution in [2.24, 2.45) is 5.84 Å². The molecule has 1 fully saturated rings. The Hall–Kier alpha value is -2.62. The van der Waals surface area contributed by atoms with E-state index in [0.29, 0.717) is 18.1 Å². The van der Waals surface area contributed by atoms with Gasteiger partial charge in [0.1, 0.15) is 5.82 Å². The molecule has 1 unspecified atom stereocenters. The number of H-pyrrole nitrogens is 1. The van der Waals surface area contributed by atoms with Crippen molar-refractivity contribution in [3.8, 4) is 0 Å². The number of nitrogens with one attached hydrogen (secondary N) is 3. The van der Waals surface area contributed by atoms with Crippen LogP contribution in [0.3, 0.4) is 0 Å². The first kappa shape index (κ1) is 13.4. The summed E-state index contributed by atoms with van der Waals surface area (Å²) in [6, 6.07) is 0.0173. The summed E-state index contributed by atoms with van der Waals surface area (Å²) in [7, 11) is 1.35. The Morgan fingerprint density at radius 3 is 3.19 bits per heavy atom. The topological polar surface area (TPSA) is 134 Å². The summed E-state index contributed by atoms with van der Waals surface area (Å²) in [5.74, 6) is 6.43. The molecule has 3 rings (SSSR count). The molecule has 10 nitrogen and oxygen atoms in total. The largest absolute Gasteiger partial charge is 0.453 e. The zero-order valence-corrected chi connectivity index (χ0v) is 11.5. The quantitative estimate of drug-likeness (QED) is 0.442. The molecule has 0 aliphatic carbocycles. The fourth-order valence-corrected chi connectivity index (χ4v) is 2.42. The number of methoxy groups -OCH3 is 1. The number of nitrogens with two attached hydrogens (primary N) is 1. The number of carbonyl (C=O) groups excluding carboxylic acids is 1. The van der Waals surface area contributed by atoms with Crippen molar-refractivity contribution in [2.75, 3.05) is 30.5 Å². The molecule has 2 aromatic rings. The normalized spacial score (nSPS) is 18.0. The van der Waals surface area contributed by atoms with Crippen molar-refractivity contribution in [3.05, 3.63) is 6.20 Å². The second-order valence-electron chi connectivity index (χ2n) is 4.71. The minimum atomic E-state index is -0.428. The van der Waals surface area contributed by atoms with Crippen LogP contribution in [-0.2, 0) is 4.74 Å². The van der Waals surface area contributed by atoms with E-state index in [1.165, 1.54) is 7.11 Å². The van der Waals surface area contributed by atoms with Gasteiger partial charge < -0.3 is 15.0 Å². The zero-order chi connectivity index (χ0) is 14.8. The van der Waals surface area contributed by atoms with Crippen LogP contribution in [0.25, 0.3) is 11.0 Å². The second kappa shape index (κ2) is 5.40. The number of nitrogen functional groups attached to an aromatic ring is 1. The standard InChI is InChI=1S/C11H16N8O2/c1-21-11(20)14-6-2-3-19(5-6)9-7-4-13-18-8(7)15-10(16-9)17-12/h4,6H,2-3,5,12H2,1H3,(H,14,20)(H2,13,15,16,17,18). The van der Waals surface area contributed by atoms with E-state index in [1.54, 1.807) is 6.20 Å². The maximum absolute atomic E-state index is 11.3. The van der Waals surface area contributed by atoms with Crippen molar-refractivity contribution >= 4 is 28.9 Å². The van der Waals surface area contributed by atoms with Crippen LogP contribution in [0, 0.1) is 0 Å². The number of alkyl carbamates (subject to hydrolysis) is 1. The smallest absolute Gasteiger partial charge is 0.407 e. The summed E-state index contributed by atoms with van der Waals surface area (Å²) in [6.45, 7) is 1.40. The van der Waals surface area contributed by atoms with Crippen LogP contribution < -0.4 is 21.5 Å². The molecule has 1 atom stereocenters.